The van der Waals surface area contributed by atoms with Crippen LogP contribution in [0.5, 0.6) is 5.75 Å². The van der Waals surface area contributed by atoms with Crippen molar-refractivity contribution in [1.82, 2.24) is 5.32 Å². The van der Waals surface area contributed by atoms with Gasteiger partial charge in [0.15, 0.2) is 0 Å². The van der Waals surface area contributed by atoms with Gasteiger partial charge >= 0.3 is 0 Å². The van der Waals surface area contributed by atoms with Gasteiger partial charge in [0.2, 0.25) is 0 Å². The number of nitrogens with one attached hydrogen (secondary N) is 1. The number of hydrogen-bond donors (Lipinski definition) is 1. The Morgan fingerprint density at radius 1 is 1.39 bits per heavy atom. The van der Waals surface area contributed by atoms with Gasteiger partial charge in [-0.3, -0.25) is 0 Å². The minimum Gasteiger partial charge on any atom is -0.492 e. The molecule has 1 heterocycles. The molecule has 18 heavy (non-hydrogen) atoms. The first-order chi connectivity index (χ1) is 8.84. The van der Waals surface area contributed by atoms with Crippen LogP contribution < -0.4 is 10.1 Å². The maximum Gasteiger partial charge on any atom is 0.120 e. The first-order valence-corrected chi connectivity index (χ1v) is 7.34. The van der Waals surface area contributed by atoms with E-state index in [0.717, 1.165) is 29.9 Å². The van der Waals surface area contributed by atoms with Gasteiger partial charge in [-0.15, -0.1) is 0 Å². The molecule has 2 rings (SSSR count). The second-order valence-electron chi connectivity index (χ2n) is 4.50. The molecule has 0 aromatic heterocycles. The highest BCUT2D eigenvalue weighted by molar-refractivity contribution is 9.10. The highest BCUT2D eigenvalue weighted by Gasteiger charge is 2.12. The third-order valence-electron chi connectivity index (χ3n) is 2.99. The second kappa shape index (κ2) is 7.77. The van der Waals surface area contributed by atoms with E-state index in [0.29, 0.717) is 12.7 Å². The molecule has 0 saturated carbocycles. The van der Waals surface area contributed by atoms with Crippen molar-refractivity contribution in [3.8, 4) is 5.75 Å². The Hall–Kier alpha value is -0.580. The second-order valence-corrected chi connectivity index (χ2v) is 5.41. The van der Waals surface area contributed by atoms with Crippen LogP contribution in [0.4, 0.5) is 0 Å². The molecule has 0 spiro atoms. The maximum atomic E-state index is 5.65. The predicted molar refractivity (Wildman–Crippen MR) is 76.1 cm³/mol. The Balaban J connectivity index is 1.55. The number of ether oxygens (including phenoxy) is 2. The molecule has 1 fully saturated rings. The Kier molecular flexibility index (Phi) is 5.97. The lowest BCUT2D eigenvalue weighted by molar-refractivity contribution is 0.0167. The van der Waals surface area contributed by atoms with E-state index in [1.807, 2.05) is 24.3 Å². The first kappa shape index (κ1) is 13.8. The summed E-state index contributed by atoms with van der Waals surface area (Å²) in [6, 6.07) is 7.91. The summed E-state index contributed by atoms with van der Waals surface area (Å²) in [5, 5.41) is 3.38. The van der Waals surface area contributed by atoms with Crippen LogP contribution in [0, 0.1) is 0 Å². The van der Waals surface area contributed by atoms with Gasteiger partial charge in [-0.2, -0.15) is 0 Å². The summed E-state index contributed by atoms with van der Waals surface area (Å²) >= 11 is 3.42. The molecular weight excluding hydrogens is 294 g/mol. The zero-order valence-electron chi connectivity index (χ0n) is 10.5. The van der Waals surface area contributed by atoms with E-state index in [-0.39, 0.29) is 0 Å². The average Bonchev–Trinajstić information content (AvgIpc) is 2.40. The fourth-order valence-corrected chi connectivity index (χ4v) is 2.41. The summed E-state index contributed by atoms with van der Waals surface area (Å²) in [5.74, 6) is 0.903. The average molecular weight is 314 g/mol. The molecule has 1 aromatic carbocycles. The molecule has 1 saturated heterocycles. The van der Waals surface area contributed by atoms with Crippen LogP contribution in [0.3, 0.4) is 0 Å². The zero-order chi connectivity index (χ0) is 12.6. The molecule has 1 aromatic rings. The Labute approximate surface area is 117 Å². The molecule has 0 aliphatic carbocycles. The third kappa shape index (κ3) is 4.96. The molecule has 4 heteroatoms. The quantitative estimate of drug-likeness (QED) is 0.819. The molecular formula is C14H20BrNO2. The van der Waals surface area contributed by atoms with Gasteiger partial charge in [-0.25, -0.2) is 0 Å². The van der Waals surface area contributed by atoms with E-state index in [4.69, 9.17) is 9.47 Å². The molecule has 100 valence electrons. The standard InChI is InChI=1S/C14H20BrNO2/c15-12-4-3-6-13(10-12)18-9-7-16-11-14-5-1-2-8-17-14/h3-4,6,10,14,16H,1-2,5,7-9,11H2. The zero-order valence-corrected chi connectivity index (χ0v) is 12.1. The molecule has 0 radical (unpaired) electrons. The third-order valence-corrected chi connectivity index (χ3v) is 3.48. The maximum absolute atomic E-state index is 5.65. The highest BCUT2D eigenvalue weighted by Crippen LogP contribution is 2.17. The van der Waals surface area contributed by atoms with Crippen LogP contribution >= 0.6 is 15.9 Å². The smallest absolute Gasteiger partial charge is 0.120 e. The van der Waals surface area contributed by atoms with E-state index < -0.39 is 0 Å². The van der Waals surface area contributed by atoms with Gasteiger partial charge in [-0.05, 0) is 37.5 Å². The van der Waals surface area contributed by atoms with Crippen LogP contribution in [0.1, 0.15) is 19.3 Å². The Morgan fingerprint density at radius 3 is 3.11 bits per heavy atom. The number of rotatable bonds is 6. The molecule has 1 unspecified atom stereocenters. The van der Waals surface area contributed by atoms with Gasteiger partial charge in [0.1, 0.15) is 12.4 Å². The number of hydrogen-bond acceptors (Lipinski definition) is 3. The highest BCUT2D eigenvalue weighted by atomic mass is 79.9. The molecule has 0 bridgehead atoms. The van der Waals surface area contributed by atoms with Gasteiger partial charge in [0.25, 0.3) is 0 Å². The van der Waals surface area contributed by atoms with E-state index >= 15 is 0 Å². The van der Waals surface area contributed by atoms with Crippen molar-refractivity contribution in [2.24, 2.45) is 0 Å². The summed E-state index contributed by atoms with van der Waals surface area (Å²) in [6.07, 6.45) is 4.08. The Bertz CT molecular complexity index is 353. The predicted octanol–water partition coefficient (Wildman–Crippen LogP) is 2.99. The fourth-order valence-electron chi connectivity index (χ4n) is 2.03. The SMILES string of the molecule is Brc1cccc(OCCNCC2CCCCO2)c1. The van der Waals surface area contributed by atoms with Crippen molar-refractivity contribution >= 4 is 15.9 Å². The lowest BCUT2D eigenvalue weighted by Gasteiger charge is -2.22. The minimum absolute atomic E-state index is 0.393. The molecule has 1 atom stereocenters. The van der Waals surface area contributed by atoms with Crippen LogP contribution in [0.15, 0.2) is 28.7 Å². The van der Waals surface area contributed by atoms with Crippen molar-refractivity contribution in [2.45, 2.75) is 25.4 Å². The van der Waals surface area contributed by atoms with Crippen molar-refractivity contribution < 1.29 is 9.47 Å². The minimum atomic E-state index is 0.393. The number of halogens is 1. The van der Waals surface area contributed by atoms with Crippen LogP contribution in [0.25, 0.3) is 0 Å². The summed E-state index contributed by atoms with van der Waals surface area (Å²) < 4.78 is 12.3. The van der Waals surface area contributed by atoms with E-state index in [1.165, 1.54) is 19.3 Å². The monoisotopic (exact) mass is 313 g/mol. The summed E-state index contributed by atoms with van der Waals surface area (Å²) in [4.78, 5) is 0. The van der Waals surface area contributed by atoms with Crippen molar-refractivity contribution in [2.75, 3.05) is 26.3 Å². The molecule has 0 amide bonds. The normalized spacial score (nSPS) is 19.7. The van der Waals surface area contributed by atoms with Crippen molar-refractivity contribution in [3.05, 3.63) is 28.7 Å². The molecule has 3 nitrogen and oxygen atoms in total. The Morgan fingerprint density at radius 2 is 2.33 bits per heavy atom. The van der Waals surface area contributed by atoms with Gasteiger partial charge in [-0.1, -0.05) is 22.0 Å². The lowest BCUT2D eigenvalue weighted by atomic mass is 10.1. The summed E-state index contributed by atoms with van der Waals surface area (Å²) in [7, 11) is 0. The topological polar surface area (TPSA) is 30.5 Å². The van der Waals surface area contributed by atoms with E-state index in [2.05, 4.69) is 21.2 Å². The fraction of sp³-hybridized carbons (Fsp3) is 0.571. The van der Waals surface area contributed by atoms with Gasteiger partial charge in [0, 0.05) is 24.2 Å². The summed E-state index contributed by atoms with van der Waals surface area (Å²) in [6.45, 7) is 3.39. The number of benzene rings is 1. The summed E-state index contributed by atoms with van der Waals surface area (Å²) in [5.41, 5.74) is 0. The lowest BCUT2D eigenvalue weighted by Crippen LogP contribution is -2.33. The van der Waals surface area contributed by atoms with Crippen LogP contribution in [0.2, 0.25) is 0 Å². The van der Waals surface area contributed by atoms with Crippen molar-refractivity contribution in [1.29, 1.82) is 0 Å². The van der Waals surface area contributed by atoms with Crippen molar-refractivity contribution in [3.63, 3.8) is 0 Å². The van der Waals surface area contributed by atoms with Gasteiger partial charge in [0.05, 0.1) is 6.10 Å². The van der Waals surface area contributed by atoms with Crippen LogP contribution in [-0.4, -0.2) is 32.4 Å². The molecule has 1 aliphatic heterocycles. The van der Waals surface area contributed by atoms with Crippen LogP contribution in [-0.2, 0) is 4.74 Å². The molecule has 1 aliphatic rings. The molecule has 1 N–H and O–H groups in total. The van der Waals surface area contributed by atoms with Gasteiger partial charge < -0.3 is 14.8 Å². The van der Waals surface area contributed by atoms with E-state index in [1.54, 1.807) is 0 Å². The largest absolute Gasteiger partial charge is 0.492 e. The first-order valence-electron chi connectivity index (χ1n) is 6.55. The van der Waals surface area contributed by atoms with E-state index in [9.17, 15) is 0 Å².